The molecule has 0 saturated carbocycles. The van der Waals surface area contributed by atoms with Gasteiger partial charge in [0.05, 0.1) is 12.2 Å². The van der Waals surface area contributed by atoms with Crippen LogP contribution < -0.4 is 5.32 Å². The van der Waals surface area contributed by atoms with Gasteiger partial charge in [-0.15, -0.1) is 0 Å². The number of halogens is 1. The van der Waals surface area contributed by atoms with Crippen LogP contribution in [0.15, 0.2) is 30.5 Å². The van der Waals surface area contributed by atoms with Gasteiger partial charge in [0, 0.05) is 22.9 Å². The van der Waals surface area contributed by atoms with E-state index in [1.807, 2.05) is 36.0 Å². The van der Waals surface area contributed by atoms with Gasteiger partial charge in [-0.05, 0) is 44.0 Å². The maximum absolute atomic E-state index is 6.10. The number of hydrogen-bond donors (Lipinski definition) is 1. The van der Waals surface area contributed by atoms with Gasteiger partial charge in [-0.3, -0.25) is 4.68 Å². The van der Waals surface area contributed by atoms with Crippen molar-refractivity contribution in [1.29, 1.82) is 0 Å². The third kappa shape index (κ3) is 3.51. The van der Waals surface area contributed by atoms with Crippen LogP contribution in [0.4, 0.5) is 5.69 Å². The van der Waals surface area contributed by atoms with Gasteiger partial charge in [-0.2, -0.15) is 5.10 Å². The van der Waals surface area contributed by atoms with Crippen LogP contribution in [0.3, 0.4) is 0 Å². The minimum absolute atomic E-state index is 0.447. The molecule has 0 aliphatic carbocycles. The van der Waals surface area contributed by atoms with Crippen molar-refractivity contribution in [1.82, 2.24) is 9.78 Å². The normalized spacial score (nSPS) is 12.4. The van der Waals surface area contributed by atoms with E-state index in [4.69, 9.17) is 11.6 Å². The Morgan fingerprint density at radius 3 is 2.84 bits per heavy atom. The average Bonchev–Trinajstić information content (AvgIpc) is 2.88. The highest BCUT2D eigenvalue weighted by Crippen LogP contribution is 2.20. The van der Waals surface area contributed by atoms with Gasteiger partial charge in [0.2, 0.25) is 0 Å². The topological polar surface area (TPSA) is 29.9 Å². The lowest BCUT2D eigenvalue weighted by Crippen LogP contribution is -2.06. The number of aryl methyl sites for hydroxylation is 1. The molecular formula is C15H20ClN3. The lowest BCUT2D eigenvalue weighted by atomic mass is 10.2. The third-order valence-electron chi connectivity index (χ3n) is 3.35. The smallest absolute Gasteiger partial charge is 0.0815 e. The molecule has 1 heterocycles. The highest BCUT2D eigenvalue weighted by Gasteiger charge is 2.04. The standard InChI is InChI=1S/C15H20ClN3/c1-4-12(3)19-8-7-14(18-19)10-17-13-6-5-11(2)15(16)9-13/h5-9,12,17H,4,10H2,1-3H3. The molecule has 1 N–H and O–H groups in total. The van der Waals surface area contributed by atoms with E-state index >= 15 is 0 Å². The molecule has 19 heavy (non-hydrogen) atoms. The average molecular weight is 278 g/mol. The van der Waals surface area contributed by atoms with Crippen molar-refractivity contribution < 1.29 is 0 Å². The molecule has 4 heteroatoms. The molecule has 1 aromatic heterocycles. The minimum atomic E-state index is 0.447. The maximum atomic E-state index is 6.10. The van der Waals surface area contributed by atoms with Crippen molar-refractivity contribution in [3.63, 3.8) is 0 Å². The zero-order valence-corrected chi connectivity index (χ0v) is 12.4. The Morgan fingerprint density at radius 1 is 1.37 bits per heavy atom. The molecule has 2 rings (SSSR count). The van der Waals surface area contributed by atoms with Crippen LogP contribution in [-0.4, -0.2) is 9.78 Å². The number of hydrogen-bond acceptors (Lipinski definition) is 2. The molecule has 1 atom stereocenters. The first-order valence-electron chi connectivity index (χ1n) is 6.64. The van der Waals surface area contributed by atoms with E-state index in [9.17, 15) is 0 Å². The zero-order valence-electron chi connectivity index (χ0n) is 11.7. The number of nitrogens with one attached hydrogen (secondary N) is 1. The highest BCUT2D eigenvalue weighted by atomic mass is 35.5. The lowest BCUT2D eigenvalue weighted by molar-refractivity contribution is 0.474. The number of aromatic nitrogens is 2. The summed E-state index contributed by atoms with van der Waals surface area (Å²) in [6.45, 7) is 7.05. The predicted molar refractivity (Wildman–Crippen MR) is 80.7 cm³/mol. The summed E-state index contributed by atoms with van der Waals surface area (Å²) in [7, 11) is 0. The second kappa shape index (κ2) is 6.11. The molecule has 102 valence electrons. The third-order valence-corrected chi connectivity index (χ3v) is 3.76. The van der Waals surface area contributed by atoms with Gasteiger partial charge in [-0.1, -0.05) is 24.6 Å². The Bertz CT molecular complexity index is 548. The Kier molecular flexibility index (Phi) is 4.48. The summed E-state index contributed by atoms with van der Waals surface area (Å²) in [5.74, 6) is 0. The molecule has 0 fully saturated rings. The first-order chi connectivity index (χ1) is 9.10. The Hall–Kier alpha value is -1.48. The largest absolute Gasteiger partial charge is 0.379 e. The van der Waals surface area contributed by atoms with E-state index in [2.05, 4.69) is 30.3 Å². The van der Waals surface area contributed by atoms with Gasteiger partial charge in [0.1, 0.15) is 0 Å². The number of anilines is 1. The highest BCUT2D eigenvalue weighted by molar-refractivity contribution is 6.31. The molecule has 0 bridgehead atoms. The molecule has 3 nitrogen and oxygen atoms in total. The second-order valence-corrected chi connectivity index (χ2v) is 5.27. The van der Waals surface area contributed by atoms with E-state index in [0.29, 0.717) is 12.6 Å². The quantitative estimate of drug-likeness (QED) is 0.876. The Morgan fingerprint density at radius 2 is 2.16 bits per heavy atom. The lowest BCUT2D eigenvalue weighted by Gasteiger charge is -2.09. The summed E-state index contributed by atoms with van der Waals surface area (Å²) in [4.78, 5) is 0. The zero-order chi connectivity index (χ0) is 13.8. The fourth-order valence-electron chi connectivity index (χ4n) is 1.80. The van der Waals surface area contributed by atoms with Crippen molar-refractivity contribution in [3.8, 4) is 0 Å². The van der Waals surface area contributed by atoms with Crippen LogP contribution in [0.25, 0.3) is 0 Å². The molecule has 0 aliphatic heterocycles. The summed E-state index contributed by atoms with van der Waals surface area (Å²) in [6.07, 6.45) is 3.12. The van der Waals surface area contributed by atoms with Gasteiger partial charge in [0.15, 0.2) is 0 Å². The van der Waals surface area contributed by atoms with Crippen LogP contribution in [0.1, 0.15) is 37.6 Å². The van der Waals surface area contributed by atoms with E-state index in [0.717, 1.165) is 28.4 Å². The fraction of sp³-hybridized carbons (Fsp3) is 0.400. The summed E-state index contributed by atoms with van der Waals surface area (Å²) in [5, 5.41) is 8.68. The van der Waals surface area contributed by atoms with Gasteiger partial charge in [-0.25, -0.2) is 0 Å². The SMILES string of the molecule is CCC(C)n1ccc(CNc2ccc(C)c(Cl)c2)n1. The van der Waals surface area contributed by atoms with Gasteiger partial charge < -0.3 is 5.32 Å². The maximum Gasteiger partial charge on any atom is 0.0815 e. The Labute approximate surface area is 119 Å². The summed E-state index contributed by atoms with van der Waals surface area (Å²) in [5.41, 5.74) is 3.15. The van der Waals surface area contributed by atoms with Crippen molar-refractivity contribution in [2.24, 2.45) is 0 Å². The van der Waals surface area contributed by atoms with Crippen LogP contribution in [0.2, 0.25) is 5.02 Å². The predicted octanol–water partition coefficient (Wildman–Crippen LogP) is 4.43. The first-order valence-corrected chi connectivity index (χ1v) is 7.02. The van der Waals surface area contributed by atoms with Crippen molar-refractivity contribution in [2.45, 2.75) is 39.8 Å². The van der Waals surface area contributed by atoms with Crippen LogP contribution >= 0.6 is 11.6 Å². The van der Waals surface area contributed by atoms with Gasteiger partial charge >= 0.3 is 0 Å². The summed E-state index contributed by atoms with van der Waals surface area (Å²) < 4.78 is 2.01. The second-order valence-electron chi connectivity index (χ2n) is 4.86. The fourth-order valence-corrected chi connectivity index (χ4v) is 1.98. The molecule has 1 unspecified atom stereocenters. The van der Waals surface area contributed by atoms with Crippen LogP contribution in [0, 0.1) is 6.92 Å². The molecule has 0 aliphatic rings. The van der Waals surface area contributed by atoms with Crippen LogP contribution in [-0.2, 0) is 6.54 Å². The van der Waals surface area contributed by atoms with Crippen molar-refractivity contribution in [3.05, 3.63) is 46.7 Å². The molecule has 0 radical (unpaired) electrons. The Balaban J connectivity index is 1.98. The molecule has 2 aromatic rings. The molecule has 1 aromatic carbocycles. The summed E-state index contributed by atoms with van der Waals surface area (Å²) in [6, 6.07) is 8.50. The van der Waals surface area contributed by atoms with Crippen molar-refractivity contribution >= 4 is 17.3 Å². The molecule has 0 saturated heterocycles. The summed E-state index contributed by atoms with van der Waals surface area (Å²) >= 11 is 6.10. The van der Waals surface area contributed by atoms with E-state index in [1.165, 1.54) is 0 Å². The number of benzene rings is 1. The molecular weight excluding hydrogens is 258 g/mol. The van der Waals surface area contributed by atoms with E-state index in [1.54, 1.807) is 0 Å². The van der Waals surface area contributed by atoms with Gasteiger partial charge in [0.25, 0.3) is 0 Å². The van der Waals surface area contributed by atoms with E-state index in [-0.39, 0.29) is 0 Å². The number of rotatable bonds is 5. The number of nitrogens with zero attached hydrogens (tertiary/aromatic N) is 2. The molecule has 0 spiro atoms. The van der Waals surface area contributed by atoms with E-state index < -0.39 is 0 Å². The minimum Gasteiger partial charge on any atom is -0.379 e. The molecule has 0 amide bonds. The first kappa shape index (κ1) is 13.9. The van der Waals surface area contributed by atoms with Crippen molar-refractivity contribution in [2.75, 3.05) is 5.32 Å². The van der Waals surface area contributed by atoms with Crippen LogP contribution in [0.5, 0.6) is 0 Å². The monoisotopic (exact) mass is 277 g/mol.